The molecule has 156 valence electrons. The Morgan fingerprint density at radius 2 is 1.83 bits per heavy atom. The molecule has 0 spiro atoms. The molecule has 1 aromatic heterocycles. The van der Waals surface area contributed by atoms with Crippen LogP contribution in [0.25, 0.3) is 10.2 Å². The molecule has 0 fully saturated rings. The highest BCUT2D eigenvalue weighted by Crippen LogP contribution is 2.36. The quantitative estimate of drug-likeness (QED) is 0.522. The van der Waals surface area contributed by atoms with Crippen molar-refractivity contribution in [3.05, 3.63) is 53.6 Å². The summed E-state index contributed by atoms with van der Waals surface area (Å²) < 4.78 is 6.54. The number of hydrogen-bond donors (Lipinski definition) is 0. The summed E-state index contributed by atoms with van der Waals surface area (Å²) in [7, 11) is 5.67. The maximum absolute atomic E-state index is 13.1. The van der Waals surface area contributed by atoms with Gasteiger partial charge in [-0.15, -0.1) is 12.4 Å². The van der Waals surface area contributed by atoms with Gasteiger partial charge in [0.1, 0.15) is 11.3 Å². The first-order valence-corrected chi connectivity index (χ1v) is 10.2. The van der Waals surface area contributed by atoms with Gasteiger partial charge in [-0.25, -0.2) is 4.98 Å². The Bertz CT molecular complexity index is 944. The Morgan fingerprint density at radius 1 is 1.10 bits per heavy atom. The van der Waals surface area contributed by atoms with Crippen LogP contribution in [0.4, 0.5) is 5.13 Å². The zero-order chi connectivity index (χ0) is 20.1. The van der Waals surface area contributed by atoms with Crippen LogP contribution in [0, 0.1) is 6.92 Å². The smallest absolute Gasteiger partial charge is 0.229 e. The number of amides is 1. The van der Waals surface area contributed by atoms with Gasteiger partial charge in [-0.2, -0.15) is 0 Å². The van der Waals surface area contributed by atoms with Gasteiger partial charge in [0.05, 0.1) is 11.8 Å². The lowest BCUT2D eigenvalue weighted by Gasteiger charge is -2.22. The highest BCUT2D eigenvalue weighted by molar-refractivity contribution is 7.22. The van der Waals surface area contributed by atoms with Crippen molar-refractivity contribution in [3.8, 4) is 5.75 Å². The lowest BCUT2D eigenvalue weighted by Crippen LogP contribution is -2.36. The van der Waals surface area contributed by atoms with E-state index in [9.17, 15) is 4.79 Å². The number of fused-ring (bicyclic) bond motifs is 1. The van der Waals surface area contributed by atoms with Crippen LogP contribution in [-0.2, 0) is 11.2 Å². The van der Waals surface area contributed by atoms with E-state index in [1.165, 1.54) is 5.56 Å². The summed E-state index contributed by atoms with van der Waals surface area (Å²) in [4.78, 5) is 21.8. The largest absolute Gasteiger partial charge is 0.494 e. The van der Waals surface area contributed by atoms with Crippen molar-refractivity contribution in [2.75, 3.05) is 39.2 Å². The molecule has 0 aliphatic carbocycles. The van der Waals surface area contributed by atoms with E-state index in [4.69, 9.17) is 9.72 Å². The van der Waals surface area contributed by atoms with E-state index in [1.54, 1.807) is 18.4 Å². The summed E-state index contributed by atoms with van der Waals surface area (Å²) in [5.41, 5.74) is 3.14. The average Bonchev–Trinajstić information content (AvgIpc) is 3.13. The zero-order valence-corrected chi connectivity index (χ0v) is 19.0. The number of likely N-dealkylation sites (N-methyl/N-ethyl adjacent to an activating group) is 1. The summed E-state index contributed by atoms with van der Waals surface area (Å²) in [5, 5.41) is 0.738. The molecule has 0 saturated carbocycles. The molecule has 0 saturated heterocycles. The second kappa shape index (κ2) is 10.6. The molecule has 0 aliphatic rings. The van der Waals surface area contributed by atoms with E-state index >= 15 is 0 Å². The summed E-state index contributed by atoms with van der Waals surface area (Å²) in [5.74, 6) is 0.841. The predicted molar refractivity (Wildman–Crippen MR) is 124 cm³/mol. The highest BCUT2D eigenvalue weighted by atomic mass is 35.5. The number of hydrogen-bond acceptors (Lipinski definition) is 5. The standard InChI is InChI=1S/C22H27N3O2S.ClH/c1-16-10-12-18(27-4)20-21(16)28-22(23-20)25(15-14-24(2)3)19(26)13-11-17-8-6-5-7-9-17;/h5-10,12H,11,13-15H2,1-4H3;1H. The van der Waals surface area contributed by atoms with Gasteiger partial charge in [0, 0.05) is 19.5 Å². The number of halogens is 1. The Labute approximate surface area is 182 Å². The average molecular weight is 434 g/mol. The lowest BCUT2D eigenvalue weighted by atomic mass is 10.1. The molecule has 0 bridgehead atoms. The molecule has 2 aromatic carbocycles. The van der Waals surface area contributed by atoms with Crippen LogP contribution in [-0.4, -0.2) is 50.1 Å². The molecule has 3 aromatic rings. The number of aryl methyl sites for hydroxylation is 2. The summed E-state index contributed by atoms with van der Waals surface area (Å²) in [6.07, 6.45) is 1.19. The van der Waals surface area contributed by atoms with Gasteiger partial charge in [0.25, 0.3) is 0 Å². The Kier molecular flexibility index (Phi) is 8.44. The maximum atomic E-state index is 13.1. The summed E-state index contributed by atoms with van der Waals surface area (Å²) >= 11 is 1.56. The van der Waals surface area contributed by atoms with Crippen LogP contribution in [0.1, 0.15) is 17.5 Å². The molecule has 0 N–H and O–H groups in total. The van der Waals surface area contributed by atoms with Crippen LogP contribution in [0.15, 0.2) is 42.5 Å². The predicted octanol–water partition coefficient (Wildman–Crippen LogP) is 4.56. The van der Waals surface area contributed by atoms with E-state index in [0.717, 1.165) is 39.6 Å². The van der Waals surface area contributed by atoms with Gasteiger partial charge in [0.2, 0.25) is 5.91 Å². The minimum absolute atomic E-state index is 0. The fraction of sp³-hybridized carbons (Fsp3) is 0.364. The van der Waals surface area contributed by atoms with Crippen LogP contribution in [0.3, 0.4) is 0 Å². The van der Waals surface area contributed by atoms with Crippen LogP contribution in [0.2, 0.25) is 0 Å². The van der Waals surface area contributed by atoms with E-state index in [0.29, 0.717) is 13.0 Å². The second-order valence-electron chi connectivity index (χ2n) is 7.09. The second-order valence-corrected chi connectivity index (χ2v) is 8.07. The molecule has 29 heavy (non-hydrogen) atoms. The molecular formula is C22H28ClN3O2S. The van der Waals surface area contributed by atoms with Crippen LogP contribution >= 0.6 is 23.7 Å². The molecule has 0 unspecified atom stereocenters. The normalized spacial score (nSPS) is 10.8. The summed E-state index contributed by atoms with van der Waals surface area (Å²) in [6.45, 7) is 3.45. The van der Waals surface area contributed by atoms with Crippen molar-refractivity contribution in [2.24, 2.45) is 0 Å². The van der Waals surface area contributed by atoms with Crippen LogP contribution < -0.4 is 9.64 Å². The van der Waals surface area contributed by atoms with Gasteiger partial charge in [-0.3, -0.25) is 9.69 Å². The molecule has 0 atom stereocenters. The number of nitrogens with zero attached hydrogens (tertiary/aromatic N) is 3. The van der Waals surface area contributed by atoms with E-state index in [1.807, 2.05) is 49.3 Å². The van der Waals surface area contributed by atoms with Gasteiger partial charge < -0.3 is 9.64 Å². The van der Waals surface area contributed by atoms with Crippen molar-refractivity contribution in [2.45, 2.75) is 19.8 Å². The highest BCUT2D eigenvalue weighted by Gasteiger charge is 2.21. The zero-order valence-electron chi connectivity index (χ0n) is 17.3. The monoisotopic (exact) mass is 433 g/mol. The third-order valence-electron chi connectivity index (χ3n) is 4.69. The van der Waals surface area contributed by atoms with Crippen molar-refractivity contribution in [1.82, 2.24) is 9.88 Å². The number of anilines is 1. The van der Waals surface area contributed by atoms with Crippen molar-refractivity contribution < 1.29 is 9.53 Å². The summed E-state index contributed by atoms with van der Waals surface area (Å²) in [6, 6.07) is 14.1. The fourth-order valence-corrected chi connectivity index (χ4v) is 4.13. The number of carbonyl (C=O) groups is 1. The Balaban J connectivity index is 0.00000300. The number of aromatic nitrogens is 1. The molecule has 0 aliphatic heterocycles. The van der Waals surface area contributed by atoms with E-state index in [2.05, 4.69) is 24.0 Å². The number of rotatable bonds is 8. The SMILES string of the molecule is COc1ccc(C)c2sc(N(CCN(C)C)C(=O)CCc3ccccc3)nc12.Cl. The molecule has 3 rings (SSSR count). The number of benzene rings is 2. The molecular weight excluding hydrogens is 406 g/mol. The number of methoxy groups -OCH3 is 1. The minimum atomic E-state index is 0. The maximum Gasteiger partial charge on any atom is 0.229 e. The minimum Gasteiger partial charge on any atom is -0.494 e. The van der Waals surface area contributed by atoms with Gasteiger partial charge >= 0.3 is 0 Å². The number of thiazole rings is 1. The third-order valence-corrected chi connectivity index (χ3v) is 5.90. The van der Waals surface area contributed by atoms with Gasteiger partial charge in [-0.05, 0) is 44.6 Å². The topological polar surface area (TPSA) is 45.7 Å². The first kappa shape index (κ1) is 23.1. The molecule has 0 radical (unpaired) electrons. The Morgan fingerprint density at radius 3 is 2.48 bits per heavy atom. The van der Waals surface area contributed by atoms with Crippen molar-refractivity contribution in [3.63, 3.8) is 0 Å². The number of ether oxygens (including phenoxy) is 1. The Hall–Kier alpha value is -2.15. The van der Waals surface area contributed by atoms with Gasteiger partial charge in [0.15, 0.2) is 5.13 Å². The van der Waals surface area contributed by atoms with Crippen molar-refractivity contribution in [1.29, 1.82) is 0 Å². The van der Waals surface area contributed by atoms with Gasteiger partial charge in [-0.1, -0.05) is 47.7 Å². The molecule has 7 heteroatoms. The fourth-order valence-electron chi connectivity index (χ4n) is 3.04. The van der Waals surface area contributed by atoms with E-state index in [-0.39, 0.29) is 18.3 Å². The first-order chi connectivity index (χ1) is 13.5. The molecule has 1 heterocycles. The lowest BCUT2D eigenvalue weighted by molar-refractivity contribution is -0.118. The molecule has 5 nitrogen and oxygen atoms in total. The number of carbonyl (C=O) groups excluding carboxylic acids is 1. The van der Waals surface area contributed by atoms with Crippen molar-refractivity contribution >= 4 is 45.0 Å². The van der Waals surface area contributed by atoms with E-state index < -0.39 is 0 Å². The third kappa shape index (κ3) is 5.69. The van der Waals surface area contributed by atoms with Crippen LogP contribution in [0.5, 0.6) is 5.75 Å². The molecule has 1 amide bonds. The first-order valence-electron chi connectivity index (χ1n) is 9.42.